The van der Waals surface area contributed by atoms with E-state index in [-0.39, 0.29) is 11.7 Å². The minimum atomic E-state index is 0.0209. The molecule has 1 saturated heterocycles. The molecular weight excluding hydrogens is 458 g/mol. The topological polar surface area (TPSA) is 74.2 Å². The van der Waals surface area contributed by atoms with Crippen LogP contribution in [0.5, 0.6) is 0 Å². The molecule has 7 heteroatoms. The van der Waals surface area contributed by atoms with Gasteiger partial charge in [0.15, 0.2) is 0 Å². The van der Waals surface area contributed by atoms with Gasteiger partial charge in [0.2, 0.25) is 6.41 Å². The Morgan fingerprint density at radius 2 is 1.71 bits per heavy atom. The van der Waals surface area contributed by atoms with Crippen LogP contribution < -0.4 is 5.32 Å². The predicted octanol–water partition coefficient (Wildman–Crippen LogP) is 4.00. The van der Waals surface area contributed by atoms with Gasteiger partial charge in [0.25, 0.3) is 0 Å². The number of carbonyl (C=O) groups excluding carboxylic acids is 1. The average molecular weight is 492 g/mol. The number of allylic oxidation sites excluding steroid dienone is 2. The molecule has 184 valence electrons. The third-order valence-electron chi connectivity index (χ3n) is 5.72. The Bertz CT molecular complexity index is 1060. The number of aliphatic hydroxyl groups is 1. The van der Waals surface area contributed by atoms with Crippen molar-refractivity contribution >= 4 is 24.5 Å². The highest BCUT2D eigenvalue weighted by Gasteiger charge is 2.17. The molecule has 1 aliphatic rings. The number of hydrogen-bond donors (Lipinski definition) is 2. The third-order valence-corrected chi connectivity index (χ3v) is 6.46. The zero-order valence-corrected chi connectivity index (χ0v) is 21.2. The molecule has 35 heavy (non-hydrogen) atoms. The number of aliphatic hydroxyl groups excluding tert-OH is 1. The zero-order valence-electron chi connectivity index (χ0n) is 20.4. The van der Waals surface area contributed by atoms with Crippen LogP contribution in [0.1, 0.15) is 29.2 Å². The number of hydrogen-bond acceptors (Lipinski definition) is 6. The maximum absolute atomic E-state index is 10.5. The van der Waals surface area contributed by atoms with Crippen LogP contribution in [0.25, 0.3) is 0 Å². The van der Waals surface area contributed by atoms with Crippen LogP contribution in [0.4, 0.5) is 0 Å². The zero-order chi connectivity index (χ0) is 24.9. The molecule has 0 saturated carbocycles. The number of nitrogens with zero attached hydrogens (tertiary/aromatic N) is 2. The summed E-state index contributed by atoms with van der Waals surface area (Å²) in [5.74, 6) is 7.48. The number of benzene rings is 2. The SMILES string of the molecule is CSCC(Cc1ccc(C#Cc2ccc(CN3CCOCC3)cc2)cc1)/C(N=CNC=O)=C(/C)O. The smallest absolute Gasteiger partial charge is 0.212 e. The molecule has 1 atom stereocenters. The normalized spacial score (nSPS) is 15.7. The molecule has 2 aromatic rings. The van der Waals surface area contributed by atoms with E-state index in [0.717, 1.165) is 61.7 Å². The van der Waals surface area contributed by atoms with Crippen molar-refractivity contribution in [1.29, 1.82) is 0 Å². The van der Waals surface area contributed by atoms with Crippen molar-refractivity contribution < 1.29 is 14.6 Å². The molecule has 1 aliphatic heterocycles. The largest absolute Gasteiger partial charge is 0.511 e. The summed E-state index contributed by atoms with van der Waals surface area (Å²) in [6, 6.07) is 16.6. The predicted molar refractivity (Wildman–Crippen MR) is 144 cm³/mol. The number of aliphatic imine (C=N–C) groups is 1. The molecule has 1 heterocycles. The fourth-order valence-electron chi connectivity index (χ4n) is 3.93. The van der Waals surface area contributed by atoms with Crippen LogP contribution in [0.2, 0.25) is 0 Å². The minimum absolute atomic E-state index is 0.0209. The van der Waals surface area contributed by atoms with Crippen molar-refractivity contribution in [3.8, 4) is 11.8 Å². The van der Waals surface area contributed by atoms with E-state index in [1.165, 1.54) is 11.9 Å². The molecule has 1 unspecified atom stereocenters. The molecule has 1 amide bonds. The molecule has 2 aromatic carbocycles. The van der Waals surface area contributed by atoms with Crippen molar-refractivity contribution in [3.05, 3.63) is 82.2 Å². The van der Waals surface area contributed by atoms with E-state index in [9.17, 15) is 9.90 Å². The Hall–Kier alpha value is -3.05. The van der Waals surface area contributed by atoms with Crippen LogP contribution in [-0.4, -0.2) is 61.1 Å². The van der Waals surface area contributed by atoms with E-state index in [0.29, 0.717) is 12.1 Å². The molecule has 2 N–H and O–H groups in total. The van der Waals surface area contributed by atoms with Gasteiger partial charge in [-0.2, -0.15) is 11.8 Å². The maximum Gasteiger partial charge on any atom is 0.212 e. The first-order chi connectivity index (χ1) is 17.1. The number of rotatable bonds is 10. The second-order valence-electron chi connectivity index (χ2n) is 8.40. The summed E-state index contributed by atoms with van der Waals surface area (Å²) in [5.41, 5.74) is 4.96. The quantitative estimate of drug-likeness (QED) is 0.173. The third kappa shape index (κ3) is 8.91. The van der Waals surface area contributed by atoms with Crippen molar-refractivity contribution in [2.45, 2.75) is 19.9 Å². The lowest BCUT2D eigenvalue weighted by Gasteiger charge is -2.26. The Morgan fingerprint density at radius 3 is 2.26 bits per heavy atom. The summed E-state index contributed by atoms with van der Waals surface area (Å²) in [6.45, 7) is 6.16. The van der Waals surface area contributed by atoms with E-state index in [1.807, 2.05) is 18.4 Å². The van der Waals surface area contributed by atoms with Gasteiger partial charge in [-0.15, -0.1) is 0 Å². The number of carbonyl (C=O) groups is 1. The van der Waals surface area contributed by atoms with E-state index in [2.05, 4.69) is 63.4 Å². The summed E-state index contributed by atoms with van der Waals surface area (Å²) in [4.78, 5) is 17.2. The first kappa shape index (κ1) is 26.6. The maximum atomic E-state index is 10.5. The van der Waals surface area contributed by atoms with Crippen molar-refractivity contribution in [2.24, 2.45) is 10.9 Å². The lowest BCUT2D eigenvalue weighted by molar-refractivity contribution is -0.108. The molecular formula is C28H33N3O3S. The Labute approximate surface area is 212 Å². The van der Waals surface area contributed by atoms with Crippen LogP contribution >= 0.6 is 11.8 Å². The van der Waals surface area contributed by atoms with E-state index < -0.39 is 0 Å². The van der Waals surface area contributed by atoms with Crippen LogP contribution in [0.15, 0.2) is 65.0 Å². The molecule has 0 radical (unpaired) electrons. The van der Waals surface area contributed by atoms with Gasteiger partial charge in [-0.1, -0.05) is 36.1 Å². The monoisotopic (exact) mass is 491 g/mol. The molecule has 0 bridgehead atoms. The van der Waals surface area contributed by atoms with Crippen LogP contribution in [-0.2, 0) is 22.5 Å². The molecule has 0 spiro atoms. The van der Waals surface area contributed by atoms with Gasteiger partial charge < -0.3 is 15.2 Å². The lowest BCUT2D eigenvalue weighted by atomic mass is 9.96. The first-order valence-corrected chi connectivity index (χ1v) is 13.1. The minimum Gasteiger partial charge on any atom is -0.511 e. The van der Waals surface area contributed by atoms with Gasteiger partial charge >= 0.3 is 0 Å². The summed E-state index contributed by atoms with van der Waals surface area (Å²) < 4.78 is 5.41. The van der Waals surface area contributed by atoms with Gasteiger partial charge in [-0.25, -0.2) is 4.99 Å². The Balaban J connectivity index is 1.62. The van der Waals surface area contributed by atoms with E-state index in [4.69, 9.17) is 4.74 Å². The molecule has 1 fully saturated rings. The number of ether oxygens (including phenoxy) is 1. The summed E-state index contributed by atoms with van der Waals surface area (Å²) in [5, 5.41) is 12.5. The average Bonchev–Trinajstić information content (AvgIpc) is 2.87. The van der Waals surface area contributed by atoms with Gasteiger partial charge in [0.05, 0.1) is 25.2 Å². The molecule has 3 rings (SSSR count). The van der Waals surface area contributed by atoms with Crippen molar-refractivity contribution in [1.82, 2.24) is 10.2 Å². The first-order valence-electron chi connectivity index (χ1n) is 11.7. The fraction of sp³-hybridized carbons (Fsp3) is 0.357. The lowest BCUT2D eigenvalue weighted by Crippen LogP contribution is -2.35. The van der Waals surface area contributed by atoms with Gasteiger partial charge in [-0.3, -0.25) is 9.69 Å². The van der Waals surface area contributed by atoms with Gasteiger partial charge in [0.1, 0.15) is 5.76 Å². The van der Waals surface area contributed by atoms with Crippen molar-refractivity contribution in [2.75, 3.05) is 38.3 Å². The fourth-order valence-corrected chi connectivity index (χ4v) is 4.61. The standard InChI is InChI=1S/C28H33N3O3S/c1-22(33)28(30-20-29-21-32)27(19-35-2)17-25-9-5-23(6-10-25)3-4-24-7-11-26(12-8-24)18-31-13-15-34-16-14-31/h5-12,20-21,27,33H,13-19H2,1-2H3,(H,29,30,32)/b28-22+. The number of morpholine rings is 1. The molecule has 6 nitrogen and oxygen atoms in total. The number of thioether (sulfide) groups is 1. The highest BCUT2D eigenvalue weighted by Crippen LogP contribution is 2.24. The van der Waals surface area contributed by atoms with E-state index >= 15 is 0 Å². The summed E-state index contributed by atoms with van der Waals surface area (Å²) in [7, 11) is 0. The highest BCUT2D eigenvalue weighted by molar-refractivity contribution is 7.98. The summed E-state index contributed by atoms with van der Waals surface area (Å²) in [6.07, 6.45) is 4.61. The number of amides is 1. The second-order valence-corrected chi connectivity index (χ2v) is 9.31. The van der Waals surface area contributed by atoms with Crippen LogP contribution in [0, 0.1) is 17.8 Å². The Morgan fingerprint density at radius 1 is 1.11 bits per heavy atom. The molecule has 0 aliphatic carbocycles. The van der Waals surface area contributed by atoms with Crippen molar-refractivity contribution in [3.63, 3.8) is 0 Å². The molecule has 0 aromatic heterocycles. The second kappa shape index (κ2) is 14.4. The van der Waals surface area contributed by atoms with Gasteiger partial charge in [-0.05, 0) is 55.0 Å². The number of nitrogens with one attached hydrogen (secondary N) is 1. The highest BCUT2D eigenvalue weighted by atomic mass is 32.2. The van der Waals surface area contributed by atoms with E-state index in [1.54, 1.807) is 18.7 Å². The Kier molecular flexibility index (Phi) is 10.9. The summed E-state index contributed by atoms with van der Waals surface area (Å²) >= 11 is 1.69. The van der Waals surface area contributed by atoms with Crippen LogP contribution in [0.3, 0.4) is 0 Å². The van der Waals surface area contributed by atoms with Gasteiger partial charge in [0, 0.05) is 42.4 Å².